The number of benzene rings is 2. The van der Waals surface area contributed by atoms with Gasteiger partial charge in [0, 0.05) is 24.0 Å². The predicted molar refractivity (Wildman–Crippen MR) is 117 cm³/mol. The van der Waals surface area contributed by atoms with Crippen molar-refractivity contribution in [3.63, 3.8) is 0 Å². The highest BCUT2D eigenvalue weighted by molar-refractivity contribution is 7.89. The van der Waals surface area contributed by atoms with E-state index >= 15 is 0 Å². The third kappa shape index (κ3) is 6.28. The fourth-order valence-corrected chi connectivity index (χ4v) is 4.93. The highest BCUT2D eigenvalue weighted by Crippen LogP contribution is 2.29. The van der Waals surface area contributed by atoms with Crippen molar-refractivity contribution in [3.8, 4) is 0 Å². The molecule has 0 heterocycles. The minimum Gasteiger partial charge on any atom is -0.387 e. The molecule has 8 heteroatoms. The van der Waals surface area contributed by atoms with Gasteiger partial charge in [-0.15, -0.1) is 0 Å². The van der Waals surface area contributed by atoms with Gasteiger partial charge in [-0.3, -0.25) is 4.79 Å². The maximum Gasteiger partial charge on any atom is 0.240 e. The summed E-state index contributed by atoms with van der Waals surface area (Å²) in [5.41, 5.74) is 0.773. The molecule has 0 saturated heterocycles. The molecule has 0 aliphatic heterocycles. The normalized spacial score (nSPS) is 20.5. The highest BCUT2D eigenvalue weighted by atomic mass is 35.5. The van der Waals surface area contributed by atoms with E-state index in [9.17, 15) is 18.3 Å². The van der Waals surface area contributed by atoms with Crippen molar-refractivity contribution >= 4 is 27.5 Å². The Balaban J connectivity index is 1.41. The number of carbonyl (C=O) groups excluding carboxylic acids is 1. The Morgan fingerprint density at radius 3 is 2.30 bits per heavy atom. The zero-order valence-electron chi connectivity index (χ0n) is 16.6. The van der Waals surface area contributed by atoms with Crippen molar-refractivity contribution < 1.29 is 18.3 Å². The molecule has 1 saturated carbocycles. The molecule has 1 fully saturated rings. The molecular formula is C22H27ClN2O4S. The first-order valence-corrected chi connectivity index (χ1v) is 12.0. The number of nitrogens with one attached hydrogen (secondary N) is 2. The molecule has 162 valence electrons. The lowest BCUT2D eigenvalue weighted by molar-refractivity contribution is -0.126. The average Bonchev–Trinajstić information content (AvgIpc) is 2.77. The molecule has 6 nitrogen and oxygen atoms in total. The van der Waals surface area contributed by atoms with Crippen LogP contribution in [0.1, 0.15) is 37.4 Å². The van der Waals surface area contributed by atoms with E-state index in [4.69, 9.17) is 11.6 Å². The Bertz CT molecular complexity index is 927. The van der Waals surface area contributed by atoms with Crippen LogP contribution in [0, 0.1) is 11.8 Å². The van der Waals surface area contributed by atoms with Crippen LogP contribution < -0.4 is 10.0 Å². The number of carbonyl (C=O) groups is 1. The van der Waals surface area contributed by atoms with Crippen LogP contribution in [0.5, 0.6) is 0 Å². The Morgan fingerprint density at radius 2 is 1.67 bits per heavy atom. The summed E-state index contributed by atoms with van der Waals surface area (Å²) in [5, 5.41) is 13.5. The summed E-state index contributed by atoms with van der Waals surface area (Å²) in [7, 11) is -3.57. The van der Waals surface area contributed by atoms with Crippen molar-refractivity contribution in [2.24, 2.45) is 11.8 Å². The van der Waals surface area contributed by atoms with Gasteiger partial charge in [-0.05, 0) is 61.4 Å². The van der Waals surface area contributed by atoms with E-state index in [1.807, 2.05) is 30.3 Å². The molecule has 1 amide bonds. The quantitative estimate of drug-likeness (QED) is 0.575. The van der Waals surface area contributed by atoms with Gasteiger partial charge in [0.15, 0.2) is 0 Å². The minimum atomic E-state index is -3.57. The molecule has 1 aliphatic carbocycles. The number of sulfonamides is 1. The number of aliphatic hydroxyl groups is 1. The van der Waals surface area contributed by atoms with Gasteiger partial charge in [-0.2, -0.15) is 0 Å². The van der Waals surface area contributed by atoms with Gasteiger partial charge in [-0.1, -0.05) is 41.9 Å². The van der Waals surface area contributed by atoms with Gasteiger partial charge in [-0.25, -0.2) is 13.1 Å². The molecule has 3 N–H and O–H groups in total. The summed E-state index contributed by atoms with van der Waals surface area (Å²) in [6, 6.07) is 15.3. The summed E-state index contributed by atoms with van der Waals surface area (Å²) in [5.74, 6) is 0.0494. The second-order valence-corrected chi connectivity index (χ2v) is 9.90. The van der Waals surface area contributed by atoms with Crippen molar-refractivity contribution in [1.29, 1.82) is 0 Å². The fraction of sp³-hybridized carbons (Fsp3) is 0.409. The van der Waals surface area contributed by atoms with Crippen LogP contribution in [-0.4, -0.2) is 32.5 Å². The molecule has 0 spiro atoms. The number of amides is 1. The summed E-state index contributed by atoms with van der Waals surface area (Å²) in [6.45, 7) is 0.537. The van der Waals surface area contributed by atoms with Crippen LogP contribution >= 0.6 is 11.6 Å². The molecule has 1 atom stereocenters. The van der Waals surface area contributed by atoms with E-state index in [-0.39, 0.29) is 29.2 Å². The van der Waals surface area contributed by atoms with Crippen molar-refractivity contribution in [1.82, 2.24) is 10.0 Å². The van der Waals surface area contributed by atoms with Crippen molar-refractivity contribution in [2.75, 3.05) is 13.1 Å². The number of aliphatic hydroxyl groups excluding tert-OH is 1. The van der Waals surface area contributed by atoms with E-state index in [1.165, 1.54) is 12.1 Å². The molecular weight excluding hydrogens is 424 g/mol. The second-order valence-electron chi connectivity index (χ2n) is 7.70. The Hall–Kier alpha value is -1.93. The van der Waals surface area contributed by atoms with E-state index in [1.54, 1.807) is 12.1 Å². The third-order valence-corrected chi connectivity index (χ3v) is 7.25. The number of halogens is 1. The summed E-state index contributed by atoms with van der Waals surface area (Å²) in [6.07, 6.45) is 2.25. The number of hydrogen-bond acceptors (Lipinski definition) is 4. The molecule has 0 bridgehead atoms. The van der Waals surface area contributed by atoms with Crippen LogP contribution in [0.3, 0.4) is 0 Å². The summed E-state index contributed by atoms with van der Waals surface area (Å²) in [4.78, 5) is 12.6. The van der Waals surface area contributed by atoms with Crippen LogP contribution in [0.15, 0.2) is 59.5 Å². The lowest BCUT2D eigenvalue weighted by Gasteiger charge is -2.28. The van der Waals surface area contributed by atoms with Gasteiger partial charge in [0.1, 0.15) is 0 Å². The number of rotatable bonds is 8. The summed E-state index contributed by atoms with van der Waals surface area (Å²) < 4.78 is 27.4. The smallest absolute Gasteiger partial charge is 0.240 e. The van der Waals surface area contributed by atoms with Crippen LogP contribution in [-0.2, 0) is 14.8 Å². The topological polar surface area (TPSA) is 95.5 Å². The van der Waals surface area contributed by atoms with Crippen molar-refractivity contribution in [3.05, 3.63) is 65.2 Å². The van der Waals surface area contributed by atoms with E-state index in [0.717, 1.165) is 18.4 Å². The molecule has 0 aromatic heterocycles. The molecule has 2 aromatic rings. The zero-order chi connectivity index (χ0) is 21.6. The van der Waals surface area contributed by atoms with Gasteiger partial charge in [0.25, 0.3) is 0 Å². The first-order valence-electron chi connectivity index (χ1n) is 10.1. The van der Waals surface area contributed by atoms with Crippen LogP contribution in [0.4, 0.5) is 0 Å². The largest absolute Gasteiger partial charge is 0.387 e. The highest BCUT2D eigenvalue weighted by Gasteiger charge is 2.27. The maximum atomic E-state index is 12.4. The number of hydrogen-bond donors (Lipinski definition) is 3. The molecule has 3 rings (SSSR count). The Morgan fingerprint density at radius 1 is 1.03 bits per heavy atom. The van der Waals surface area contributed by atoms with Crippen LogP contribution in [0.25, 0.3) is 0 Å². The maximum absolute atomic E-state index is 12.4. The van der Waals surface area contributed by atoms with E-state index < -0.39 is 16.1 Å². The molecule has 30 heavy (non-hydrogen) atoms. The van der Waals surface area contributed by atoms with Gasteiger partial charge in [0.2, 0.25) is 15.9 Å². The molecule has 1 aliphatic rings. The fourth-order valence-electron chi connectivity index (χ4n) is 3.69. The van der Waals surface area contributed by atoms with Gasteiger partial charge >= 0.3 is 0 Å². The Labute approximate surface area is 182 Å². The van der Waals surface area contributed by atoms with Gasteiger partial charge < -0.3 is 10.4 Å². The summed E-state index contributed by atoms with van der Waals surface area (Å²) >= 11 is 5.81. The van der Waals surface area contributed by atoms with E-state index in [2.05, 4.69) is 10.0 Å². The van der Waals surface area contributed by atoms with Gasteiger partial charge in [0.05, 0.1) is 11.0 Å². The monoisotopic (exact) mass is 450 g/mol. The Kier molecular flexibility index (Phi) is 7.88. The third-order valence-electron chi connectivity index (χ3n) is 5.56. The average molecular weight is 451 g/mol. The molecule has 0 radical (unpaired) electrons. The van der Waals surface area contributed by atoms with Crippen LogP contribution in [0.2, 0.25) is 5.02 Å². The first kappa shape index (κ1) is 22.7. The van der Waals surface area contributed by atoms with Crippen molar-refractivity contribution in [2.45, 2.75) is 36.7 Å². The minimum absolute atomic E-state index is 0.0508. The first-order chi connectivity index (χ1) is 14.3. The molecule has 2 aromatic carbocycles. The SMILES string of the molecule is O=C(NCC(O)c1ccccc1)C1CCC(CNS(=O)(=O)c2ccc(Cl)cc2)CC1. The zero-order valence-corrected chi connectivity index (χ0v) is 18.2. The van der Waals surface area contributed by atoms with E-state index in [0.29, 0.717) is 24.4 Å². The second kappa shape index (κ2) is 10.4. The standard InChI is InChI=1S/C22H27ClN2O4S/c23-19-10-12-20(13-11-19)30(28,29)25-14-16-6-8-18(9-7-16)22(27)24-15-21(26)17-4-2-1-3-5-17/h1-5,10-13,16,18,21,25-26H,6-9,14-15H2,(H,24,27). The molecule has 1 unspecified atom stereocenters. The lowest BCUT2D eigenvalue weighted by Crippen LogP contribution is -2.37. The lowest BCUT2D eigenvalue weighted by atomic mass is 9.81. The predicted octanol–water partition coefficient (Wildman–Crippen LogP) is 3.27.